The lowest BCUT2D eigenvalue weighted by molar-refractivity contribution is 0.591. The van der Waals surface area contributed by atoms with Crippen LogP contribution < -0.4 is 0 Å². The van der Waals surface area contributed by atoms with Crippen molar-refractivity contribution in [1.29, 1.82) is 5.26 Å². The number of nitriles is 1. The van der Waals surface area contributed by atoms with Crippen LogP contribution in [0, 0.1) is 14.9 Å². The third-order valence-corrected chi connectivity index (χ3v) is 1.71. The summed E-state index contributed by atoms with van der Waals surface area (Å²) in [5.41, 5.74) is 0. The van der Waals surface area contributed by atoms with Crippen LogP contribution in [0.2, 0.25) is 0 Å². The Kier molecular flexibility index (Phi) is 2.27. The molecule has 0 spiro atoms. The number of hydrogen-bond acceptors (Lipinski definition) is 2. The van der Waals surface area contributed by atoms with Gasteiger partial charge in [-0.15, -0.1) is 0 Å². The predicted octanol–water partition coefficient (Wildman–Crippen LogP) is 1.57. The summed E-state index contributed by atoms with van der Waals surface area (Å²) in [6, 6.07) is 1.93. The standard InChI is InChI=1S/C6H6IN3/c1-5(2-8)10-4-6(7)3-9-10/h3-5H,1H3. The maximum absolute atomic E-state index is 8.48. The summed E-state index contributed by atoms with van der Waals surface area (Å²) < 4.78 is 2.70. The summed E-state index contributed by atoms with van der Waals surface area (Å²) in [5, 5.41) is 12.5. The molecule has 3 nitrogen and oxygen atoms in total. The minimum atomic E-state index is -0.163. The molecule has 0 radical (unpaired) electrons. The van der Waals surface area contributed by atoms with Gasteiger partial charge in [0.05, 0.1) is 15.8 Å². The lowest BCUT2D eigenvalue weighted by Crippen LogP contribution is -2.01. The fraction of sp³-hybridized carbons (Fsp3) is 0.333. The minimum Gasteiger partial charge on any atom is -0.255 e. The molecule has 1 rings (SSSR count). The highest BCUT2D eigenvalue weighted by Crippen LogP contribution is 2.06. The van der Waals surface area contributed by atoms with Crippen LogP contribution in [0.4, 0.5) is 0 Å². The molecular weight excluding hydrogens is 241 g/mol. The molecule has 0 aliphatic rings. The molecule has 0 saturated heterocycles. The molecule has 0 saturated carbocycles. The first-order valence-electron chi connectivity index (χ1n) is 2.83. The molecule has 52 valence electrons. The van der Waals surface area contributed by atoms with Crippen molar-refractivity contribution in [1.82, 2.24) is 9.78 Å². The number of hydrogen-bond donors (Lipinski definition) is 0. The van der Waals surface area contributed by atoms with Crippen LogP contribution in [0.1, 0.15) is 13.0 Å². The van der Waals surface area contributed by atoms with Gasteiger partial charge in [-0.3, -0.25) is 4.68 Å². The van der Waals surface area contributed by atoms with Crippen LogP contribution in [0.25, 0.3) is 0 Å². The van der Waals surface area contributed by atoms with Gasteiger partial charge in [0.1, 0.15) is 6.04 Å². The molecule has 0 aromatic carbocycles. The molecule has 0 N–H and O–H groups in total. The highest BCUT2D eigenvalue weighted by Gasteiger charge is 2.01. The van der Waals surface area contributed by atoms with Gasteiger partial charge in [-0.25, -0.2) is 0 Å². The second kappa shape index (κ2) is 3.01. The van der Waals surface area contributed by atoms with E-state index in [9.17, 15) is 0 Å². The molecule has 1 aromatic heterocycles. The zero-order valence-electron chi connectivity index (χ0n) is 5.45. The van der Waals surface area contributed by atoms with Gasteiger partial charge < -0.3 is 0 Å². The third kappa shape index (κ3) is 1.48. The number of halogens is 1. The first-order valence-corrected chi connectivity index (χ1v) is 3.91. The Labute approximate surface area is 72.8 Å². The minimum absolute atomic E-state index is 0.163. The van der Waals surface area contributed by atoms with Gasteiger partial charge in [-0.1, -0.05) is 0 Å². The highest BCUT2D eigenvalue weighted by molar-refractivity contribution is 14.1. The van der Waals surface area contributed by atoms with Crippen molar-refractivity contribution in [3.05, 3.63) is 16.0 Å². The fourth-order valence-electron chi connectivity index (χ4n) is 0.586. The lowest BCUT2D eigenvalue weighted by Gasteiger charge is -1.99. The van der Waals surface area contributed by atoms with E-state index in [2.05, 4.69) is 33.8 Å². The molecule has 0 fully saturated rings. The molecule has 1 unspecified atom stereocenters. The smallest absolute Gasteiger partial charge is 0.135 e. The van der Waals surface area contributed by atoms with Gasteiger partial charge in [0, 0.05) is 6.20 Å². The molecule has 0 bridgehead atoms. The van der Waals surface area contributed by atoms with E-state index in [0.29, 0.717) is 0 Å². The van der Waals surface area contributed by atoms with Crippen molar-refractivity contribution >= 4 is 22.6 Å². The number of rotatable bonds is 1. The van der Waals surface area contributed by atoms with Crippen molar-refractivity contribution in [3.63, 3.8) is 0 Å². The highest BCUT2D eigenvalue weighted by atomic mass is 127. The second-order valence-electron chi connectivity index (χ2n) is 1.94. The zero-order chi connectivity index (χ0) is 7.56. The Morgan fingerprint density at radius 1 is 1.90 bits per heavy atom. The monoisotopic (exact) mass is 247 g/mol. The van der Waals surface area contributed by atoms with Crippen LogP contribution >= 0.6 is 22.6 Å². The largest absolute Gasteiger partial charge is 0.255 e. The summed E-state index contributed by atoms with van der Waals surface area (Å²) in [6.07, 6.45) is 3.57. The third-order valence-electron chi connectivity index (χ3n) is 1.15. The van der Waals surface area contributed by atoms with E-state index in [4.69, 9.17) is 5.26 Å². The summed E-state index contributed by atoms with van der Waals surface area (Å²) in [6.45, 7) is 1.81. The lowest BCUT2D eigenvalue weighted by atomic mass is 10.4. The maximum Gasteiger partial charge on any atom is 0.135 e. The normalized spacial score (nSPS) is 12.5. The molecule has 1 aromatic rings. The van der Waals surface area contributed by atoms with E-state index < -0.39 is 0 Å². The molecule has 0 amide bonds. The van der Waals surface area contributed by atoms with Crippen molar-refractivity contribution in [3.8, 4) is 6.07 Å². The topological polar surface area (TPSA) is 41.6 Å². The summed E-state index contributed by atoms with van der Waals surface area (Å²) in [7, 11) is 0. The van der Waals surface area contributed by atoms with E-state index in [0.717, 1.165) is 3.57 Å². The Morgan fingerprint density at radius 3 is 3.00 bits per heavy atom. The summed E-state index contributed by atoms with van der Waals surface area (Å²) in [4.78, 5) is 0. The van der Waals surface area contributed by atoms with Gasteiger partial charge in [0.15, 0.2) is 0 Å². The molecule has 0 aliphatic carbocycles. The van der Waals surface area contributed by atoms with Crippen molar-refractivity contribution in [2.45, 2.75) is 13.0 Å². The molecule has 0 aliphatic heterocycles. The van der Waals surface area contributed by atoms with E-state index >= 15 is 0 Å². The van der Waals surface area contributed by atoms with E-state index in [1.54, 1.807) is 10.9 Å². The van der Waals surface area contributed by atoms with Crippen LogP contribution in [-0.2, 0) is 0 Å². The number of aromatic nitrogens is 2. The first kappa shape index (κ1) is 7.54. The van der Waals surface area contributed by atoms with Crippen molar-refractivity contribution in [2.24, 2.45) is 0 Å². The van der Waals surface area contributed by atoms with E-state index in [1.165, 1.54) is 0 Å². The Morgan fingerprint density at radius 2 is 2.60 bits per heavy atom. The average molecular weight is 247 g/mol. The number of nitrogens with zero attached hydrogens (tertiary/aromatic N) is 3. The second-order valence-corrected chi connectivity index (χ2v) is 3.19. The van der Waals surface area contributed by atoms with Gasteiger partial charge in [-0.05, 0) is 29.5 Å². The Bertz CT molecular complexity index is 260. The summed E-state index contributed by atoms with van der Waals surface area (Å²) in [5.74, 6) is 0. The van der Waals surface area contributed by atoms with Gasteiger partial charge >= 0.3 is 0 Å². The van der Waals surface area contributed by atoms with Crippen LogP contribution in [-0.4, -0.2) is 9.78 Å². The van der Waals surface area contributed by atoms with Gasteiger partial charge in [-0.2, -0.15) is 10.4 Å². The predicted molar refractivity (Wildman–Crippen MR) is 45.3 cm³/mol. The van der Waals surface area contributed by atoms with Crippen LogP contribution in [0.3, 0.4) is 0 Å². The zero-order valence-corrected chi connectivity index (χ0v) is 7.61. The Balaban J connectivity index is 2.87. The average Bonchev–Trinajstić information content (AvgIpc) is 2.34. The molecule has 1 heterocycles. The van der Waals surface area contributed by atoms with Crippen molar-refractivity contribution in [2.75, 3.05) is 0 Å². The molecule has 1 atom stereocenters. The van der Waals surface area contributed by atoms with Crippen LogP contribution in [0.15, 0.2) is 12.4 Å². The molecular formula is C6H6IN3. The van der Waals surface area contributed by atoms with Gasteiger partial charge in [0.25, 0.3) is 0 Å². The maximum atomic E-state index is 8.48. The van der Waals surface area contributed by atoms with E-state index in [1.807, 2.05) is 13.1 Å². The van der Waals surface area contributed by atoms with Crippen LogP contribution in [0.5, 0.6) is 0 Å². The fourth-order valence-corrected chi connectivity index (χ4v) is 0.996. The SMILES string of the molecule is CC(C#N)n1cc(I)cn1. The quantitative estimate of drug-likeness (QED) is 0.707. The molecule has 10 heavy (non-hydrogen) atoms. The van der Waals surface area contributed by atoms with E-state index in [-0.39, 0.29) is 6.04 Å². The molecule has 4 heteroatoms. The van der Waals surface area contributed by atoms with Gasteiger partial charge in [0.2, 0.25) is 0 Å². The summed E-state index contributed by atoms with van der Waals surface area (Å²) >= 11 is 2.16. The first-order chi connectivity index (χ1) is 4.74. The van der Waals surface area contributed by atoms with Crippen molar-refractivity contribution < 1.29 is 0 Å². The Hall–Kier alpha value is -0.570.